The van der Waals surface area contributed by atoms with Crippen molar-refractivity contribution >= 4 is 11.8 Å². The average molecular weight is 482 g/mol. The van der Waals surface area contributed by atoms with E-state index in [4.69, 9.17) is 4.74 Å². The molecule has 1 N–H and O–H groups in total. The molecule has 0 bridgehead atoms. The first-order chi connectivity index (χ1) is 16.7. The van der Waals surface area contributed by atoms with E-state index in [9.17, 15) is 18.0 Å². The fourth-order valence-electron chi connectivity index (χ4n) is 3.32. The molecule has 180 valence electrons. The van der Waals surface area contributed by atoms with E-state index in [1.807, 2.05) is 31.2 Å². The van der Waals surface area contributed by atoms with Gasteiger partial charge in [-0.3, -0.25) is 5.32 Å². The molecule has 1 aromatic heterocycles. The molecule has 4 aromatic rings. The number of benzene rings is 3. The highest BCUT2D eigenvalue weighted by Crippen LogP contribution is 2.25. The lowest BCUT2D eigenvalue weighted by Crippen LogP contribution is -2.17. The number of ether oxygens (including phenoxy) is 2. The summed E-state index contributed by atoms with van der Waals surface area (Å²) in [4.78, 5) is 16.5. The number of aromatic nitrogens is 3. The van der Waals surface area contributed by atoms with E-state index in [0.717, 1.165) is 11.1 Å². The first-order valence-corrected chi connectivity index (χ1v) is 10.6. The second-order valence-corrected chi connectivity index (χ2v) is 7.72. The number of hydrogen-bond acceptors (Lipinski definition) is 5. The van der Waals surface area contributed by atoms with Gasteiger partial charge in [0.1, 0.15) is 18.2 Å². The molecule has 0 saturated carbocycles. The summed E-state index contributed by atoms with van der Waals surface area (Å²) >= 11 is 0. The van der Waals surface area contributed by atoms with Crippen LogP contribution in [0.2, 0.25) is 0 Å². The van der Waals surface area contributed by atoms with Gasteiger partial charge in [-0.2, -0.15) is 0 Å². The van der Waals surface area contributed by atoms with Crippen molar-refractivity contribution in [2.45, 2.75) is 26.3 Å². The minimum absolute atomic E-state index is 0.323. The van der Waals surface area contributed by atoms with Gasteiger partial charge in [-0.15, -0.1) is 18.3 Å². The Hall–Kier alpha value is -4.34. The molecule has 3 aromatic carbocycles. The predicted octanol–water partition coefficient (Wildman–Crippen LogP) is 6.45. The van der Waals surface area contributed by atoms with Crippen LogP contribution in [0, 0.1) is 6.92 Å². The molecule has 10 heteroatoms. The molecule has 0 aliphatic heterocycles. The quantitative estimate of drug-likeness (QED) is 0.342. The fraction of sp³-hybridized carbons (Fsp3) is 0.160. The lowest BCUT2D eigenvalue weighted by Gasteiger charge is -2.15. The SMILES string of the molecule is Cc1cccc(C(C)OC(=O)Nc2ccc(-c3ncn(-c4ccc(OC(F)(F)F)cc4)n3)cc2)c1. The second-order valence-electron chi connectivity index (χ2n) is 7.72. The van der Waals surface area contributed by atoms with E-state index >= 15 is 0 Å². The Morgan fingerprint density at radius 1 is 1.03 bits per heavy atom. The molecule has 0 aliphatic carbocycles. The summed E-state index contributed by atoms with van der Waals surface area (Å²) in [5.41, 5.74) is 3.72. The number of nitrogens with one attached hydrogen (secondary N) is 1. The third-order valence-corrected chi connectivity index (χ3v) is 5.01. The molecule has 0 spiro atoms. The van der Waals surface area contributed by atoms with E-state index in [2.05, 4.69) is 20.1 Å². The number of aryl methyl sites for hydroxylation is 1. The van der Waals surface area contributed by atoms with Gasteiger partial charge in [0.05, 0.1) is 5.69 Å². The normalized spacial score (nSPS) is 12.1. The van der Waals surface area contributed by atoms with Crippen molar-refractivity contribution in [2.24, 2.45) is 0 Å². The van der Waals surface area contributed by atoms with Crippen molar-refractivity contribution in [3.8, 4) is 22.8 Å². The number of carbonyl (C=O) groups excluding carboxylic acids is 1. The summed E-state index contributed by atoms with van der Waals surface area (Å²) in [7, 11) is 0. The van der Waals surface area contributed by atoms with Gasteiger partial charge in [-0.1, -0.05) is 29.8 Å². The van der Waals surface area contributed by atoms with Crippen molar-refractivity contribution in [3.05, 3.63) is 90.3 Å². The summed E-state index contributed by atoms with van der Waals surface area (Å²) in [5.74, 6) is 0.0827. The Morgan fingerprint density at radius 3 is 2.40 bits per heavy atom. The minimum Gasteiger partial charge on any atom is -0.441 e. The van der Waals surface area contributed by atoms with Crippen molar-refractivity contribution in [3.63, 3.8) is 0 Å². The van der Waals surface area contributed by atoms with Crippen LogP contribution in [0.15, 0.2) is 79.1 Å². The van der Waals surface area contributed by atoms with Gasteiger partial charge in [-0.25, -0.2) is 14.5 Å². The number of amides is 1. The third-order valence-electron chi connectivity index (χ3n) is 5.01. The van der Waals surface area contributed by atoms with Crippen LogP contribution in [0.25, 0.3) is 17.1 Å². The highest BCUT2D eigenvalue weighted by molar-refractivity contribution is 5.85. The molecule has 1 atom stereocenters. The number of carbonyl (C=O) groups is 1. The fourth-order valence-corrected chi connectivity index (χ4v) is 3.32. The Labute approximate surface area is 199 Å². The van der Waals surface area contributed by atoms with Crippen LogP contribution in [-0.2, 0) is 4.74 Å². The molecule has 0 fully saturated rings. The largest absolute Gasteiger partial charge is 0.573 e. The molecule has 1 unspecified atom stereocenters. The van der Waals surface area contributed by atoms with Crippen molar-refractivity contribution in [1.29, 1.82) is 0 Å². The smallest absolute Gasteiger partial charge is 0.441 e. The van der Waals surface area contributed by atoms with E-state index in [0.29, 0.717) is 22.8 Å². The highest BCUT2D eigenvalue weighted by atomic mass is 19.4. The van der Waals surface area contributed by atoms with E-state index in [1.165, 1.54) is 35.3 Å². The van der Waals surface area contributed by atoms with Gasteiger partial charge >= 0.3 is 12.5 Å². The molecule has 1 amide bonds. The van der Waals surface area contributed by atoms with Crippen LogP contribution in [0.3, 0.4) is 0 Å². The zero-order valence-electron chi connectivity index (χ0n) is 18.8. The predicted molar refractivity (Wildman–Crippen MR) is 123 cm³/mol. The van der Waals surface area contributed by atoms with Gasteiger partial charge in [0.25, 0.3) is 0 Å². The zero-order chi connectivity index (χ0) is 25.0. The molecular formula is C25H21F3N4O3. The molecule has 0 radical (unpaired) electrons. The maximum absolute atomic E-state index is 12.3. The molecule has 0 aliphatic rings. The lowest BCUT2D eigenvalue weighted by molar-refractivity contribution is -0.274. The molecule has 7 nitrogen and oxygen atoms in total. The van der Waals surface area contributed by atoms with Crippen LogP contribution >= 0.6 is 0 Å². The average Bonchev–Trinajstić information content (AvgIpc) is 3.29. The standard InChI is InChI=1S/C25H21F3N4O3/c1-16-4-3-5-19(14-16)17(2)34-24(33)30-20-8-6-18(7-9-20)23-29-15-32(31-23)21-10-12-22(13-11-21)35-25(26,27)28/h3-15,17H,1-2H3,(H,30,33). The van der Waals surface area contributed by atoms with Crippen LogP contribution in [0.5, 0.6) is 5.75 Å². The van der Waals surface area contributed by atoms with Crippen LogP contribution in [0.4, 0.5) is 23.7 Å². The summed E-state index contributed by atoms with van der Waals surface area (Å²) in [5, 5.41) is 7.05. The number of rotatable bonds is 6. The van der Waals surface area contributed by atoms with Crippen LogP contribution in [0.1, 0.15) is 24.2 Å². The Kier molecular flexibility index (Phi) is 6.72. The van der Waals surface area contributed by atoms with Gasteiger partial charge in [0.15, 0.2) is 5.82 Å². The first kappa shape index (κ1) is 23.8. The van der Waals surface area contributed by atoms with Crippen molar-refractivity contribution in [2.75, 3.05) is 5.32 Å². The third kappa shape index (κ3) is 6.38. The van der Waals surface area contributed by atoms with Crippen LogP contribution in [-0.4, -0.2) is 27.2 Å². The van der Waals surface area contributed by atoms with E-state index < -0.39 is 18.6 Å². The number of nitrogens with zero attached hydrogens (tertiary/aromatic N) is 3. The molecule has 1 heterocycles. The van der Waals surface area contributed by atoms with E-state index in [1.54, 1.807) is 31.2 Å². The Bertz CT molecular complexity index is 1300. The zero-order valence-corrected chi connectivity index (χ0v) is 18.8. The minimum atomic E-state index is -4.75. The Morgan fingerprint density at radius 2 is 1.74 bits per heavy atom. The number of halogens is 3. The van der Waals surface area contributed by atoms with Gasteiger partial charge in [-0.05, 0) is 67.9 Å². The summed E-state index contributed by atoms with van der Waals surface area (Å²) in [6, 6.07) is 19.9. The second kappa shape index (κ2) is 9.88. The first-order valence-electron chi connectivity index (χ1n) is 10.6. The number of anilines is 1. The van der Waals surface area contributed by atoms with Gasteiger partial charge < -0.3 is 9.47 Å². The molecular weight excluding hydrogens is 461 g/mol. The van der Waals surface area contributed by atoms with Crippen molar-refractivity contribution in [1.82, 2.24) is 14.8 Å². The topological polar surface area (TPSA) is 78.3 Å². The summed E-state index contributed by atoms with van der Waals surface area (Å²) in [6.07, 6.45) is -4.28. The van der Waals surface area contributed by atoms with Gasteiger partial charge in [0.2, 0.25) is 0 Å². The maximum Gasteiger partial charge on any atom is 0.573 e. The number of alkyl halides is 3. The summed E-state index contributed by atoms with van der Waals surface area (Å²) < 4.78 is 47.7. The lowest BCUT2D eigenvalue weighted by atomic mass is 10.1. The van der Waals surface area contributed by atoms with Crippen molar-refractivity contribution < 1.29 is 27.4 Å². The monoisotopic (exact) mass is 482 g/mol. The Balaban J connectivity index is 1.37. The van der Waals surface area contributed by atoms with E-state index in [-0.39, 0.29) is 5.75 Å². The van der Waals surface area contributed by atoms with Gasteiger partial charge in [0, 0.05) is 11.3 Å². The van der Waals surface area contributed by atoms with Crippen LogP contribution < -0.4 is 10.1 Å². The number of hydrogen-bond donors (Lipinski definition) is 1. The summed E-state index contributed by atoms with van der Waals surface area (Å²) in [6.45, 7) is 3.77. The maximum atomic E-state index is 12.3. The molecule has 35 heavy (non-hydrogen) atoms. The molecule has 4 rings (SSSR count). The molecule has 0 saturated heterocycles. The highest BCUT2D eigenvalue weighted by Gasteiger charge is 2.31.